The predicted octanol–water partition coefficient (Wildman–Crippen LogP) is 5.39. The Hall–Kier alpha value is -3.14. The zero-order valence-corrected chi connectivity index (χ0v) is 16.2. The van der Waals surface area contributed by atoms with Crippen LogP contribution in [0.1, 0.15) is 29.5 Å². The molecule has 2 aromatic carbocycles. The fraction of sp³-hybridized carbons (Fsp3) is 0.318. The van der Waals surface area contributed by atoms with Crippen molar-refractivity contribution in [1.82, 2.24) is 0 Å². The monoisotopic (exact) mass is 402 g/mol. The quantitative estimate of drug-likeness (QED) is 0.497. The average Bonchev–Trinajstić information content (AvgIpc) is 3.25. The second-order valence-corrected chi connectivity index (χ2v) is 6.71. The first-order chi connectivity index (χ1) is 13.9. The molecule has 1 aliphatic rings. The van der Waals surface area contributed by atoms with Crippen LogP contribution >= 0.6 is 0 Å². The first kappa shape index (κ1) is 20.6. The Morgan fingerprint density at radius 1 is 1.03 bits per heavy atom. The number of rotatable bonds is 5. The van der Waals surface area contributed by atoms with Gasteiger partial charge in [0.25, 0.3) is 0 Å². The maximum absolute atomic E-state index is 12.8. The van der Waals surface area contributed by atoms with Gasteiger partial charge in [-0.15, -0.1) is 0 Å². The number of hydrogen-bond donors (Lipinski definition) is 0. The topological polar surface area (TPSA) is 45.5 Å². The number of hydrogen-bond acceptors (Lipinski definition) is 4. The maximum Gasteiger partial charge on any atom is 0.416 e. The van der Waals surface area contributed by atoms with E-state index in [-0.39, 0.29) is 5.57 Å². The predicted molar refractivity (Wildman–Crippen MR) is 106 cm³/mol. The Morgan fingerprint density at radius 2 is 1.66 bits per heavy atom. The molecule has 0 bridgehead atoms. The van der Waals surface area contributed by atoms with Crippen LogP contribution in [0.25, 0.3) is 11.6 Å². The Labute approximate surface area is 167 Å². The smallest absolute Gasteiger partial charge is 0.416 e. The van der Waals surface area contributed by atoms with E-state index in [4.69, 9.17) is 9.47 Å². The second-order valence-electron chi connectivity index (χ2n) is 6.71. The van der Waals surface area contributed by atoms with E-state index in [1.165, 1.54) is 19.2 Å². The second kappa shape index (κ2) is 8.48. The molecule has 0 amide bonds. The molecule has 0 saturated carbocycles. The summed E-state index contributed by atoms with van der Waals surface area (Å²) >= 11 is 0. The maximum atomic E-state index is 12.8. The molecule has 4 nitrogen and oxygen atoms in total. The summed E-state index contributed by atoms with van der Waals surface area (Å²) in [5.41, 5.74) is 1.40. The van der Waals surface area contributed by atoms with Gasteiger partial charge >= 0.3 is 6.18 Å². The van der Waals surface area contributed by atoms with E-state index in [0.29, 0.717) is 22.6 Å². The van der Waals surface area contributed by atoms with Crippen molar-refractivity contribution in [3.05, 3.63) is 53.1 Å². The largest absolute Gasteiger partial charge is 0.496 e. The Morgan fingerprint density at radius 3 is 2.17 bits per heavy atom. The Bertz CT molecular complexity index is 938. The van der Waals surface area contributed by atoms with E-state index in [1.807, 2.05) is 6.07 Å². The lowest BCUT2D eigenvalue weighted by Gasteiger charge is -2.22. The summed E-state index contributed by atoms with van der Waals surface area (Å²) in [5, 5.41) is 9.57. The molecule has 29 heavy (non-hydrogen) atoms. The molecule has 152 valence electrons. The molecule has 1 fully saturated rings. The van der Waals surface area contributed by atoms with E-state index >= 15 is 0 Å². The summed E-state index contributed by atoms with van der Waals surface area (Å²) < 4.78 is 49.4. The molecule has 0 N–H and O–H groups in total. The van der Waals surface area contributed by atoms with Crippen LogP contribution in [0.5, 0.6) is 11.5 Å². The lowest BCUT2D eigenvalue weighted by atomic mass is 10.0. The standard InChI is InChI=1S/C22H21F3N2O2/c1-28-20-13-19(27-9-3-4-10-27)21(29-2)12-16(20)11-17(14-26)15-5-7-18(8-6-15)22(23,24)25/h5-8,11-13H,3-4,9-10H2,1-2H3/b17-11-. The molecule has 0 aromatic heterocycles. The summed E-state index contributed by atoms with van der Waals surface area (Å²) in [6.45, 7) is 1.87. The molecular formula is C22H21F3N2O2. The number of halogens is 3. The van der Waals surface area contributed by atoms with Gasteiger partial charge < -0.3 is 14.4 Å². The van der Waals surface area contributed by atoms with Crippen molar-refractivity contribution in [2.75, 3.05) is 32.2 Å². The minimum absolute atomic E-state index is 0.230. The lowest BCUT2D eigenvalue weighted by molar-refractivity contribution is -0.137. The number of anilines is 1. The van der Waals surface area contributed by atoms with Gasteiger partial charge in [0.1, 0.15) is 11.5 Å². The number of ether oxygens (including phenoxy) is 2. The zero-order valence-electron chi connectivity index (χ0n) is 16.2. The number of benzene rings is 2. The number of nitriles is 1. The van der Waals surface area contributed by atoms with E-state index in [9.17, 15) is 18.4 Å². The number of nitrogens with zero attached hydrogens (tertiary/aromatic N) is 2. The number of allylic oxidation sites excluding steroid dienone is 1. The lowest BCUT2D eigenvalue weighted by Crippen LogP contribution is -2.18. The van der Waals surface area contributed by atoms with Gasteiger partial charge in [-0.25, -0.2) is 0 Å². The summed E-state index contributed by atoms with van der Waals surface area (Å²) in [6.07, 6.45) is -0.603. The summed E-state index contributed by atoms with van der Waals surface area (Å²) in [5.74, 6) is 1.22. The molecule has 3 rings (SSSR count). The normalized spacial score (nSPS) is 14.6. The van der Waals surface area contributed by atoms with Crippen LogP contribution in [0.2, 0.25) is 0 Å². The average molecular weight is 402 g/mol. The van der Waals surface area contributed by atoms with Gasteiger partial charge in [-0.3, -0.25) is 0 Å². The fourth-order valence-electron chi connectivity index (χ4n) is 3.40. The molecule has 0 aliphatic carbocycles. The Kier molecular flexibility index (Phi) is 6.02. The van der Waals surface area contributed by atoms with Crippen molar-refractivity contribution >= 4 is 17.3 Å². The van der Waals surface area contributed by atoms with Gasteiger partial charge in [-0.05, 0) is 42.7 Å². The van der Waals surface area contributed by atoms with Gasteiger partial charge in [0.05, 0.1) is 37.1 Å². The highest BCUT2D eigenvalue weighted by atomic mass is 19.4. The van der Waals surface area contributed by atoms with Crippen LogP contribution in [0.4, 0.5) is 18.9 Å². The van der Waals surface area contributed by atoms with Gasteiger partial charge in [-0.1, -0.05) is 12.1 Å². The highest BCUT2D eigenvalue weighted by Gasteiger charge is 2.30. The van der Waals surface area contributed by atoms with E-state index in [2.05, 4.69) is 11.0 Å². The summed E-state index contributed by atoms with van der Waals surface area (Å²) in [4.78, 5) is 2.22. The van der Waals surface area contributed by atoms with Crippen molar-refractivity contribution in [2.24, 2.45) is 0 Å². The molecule has 1 heterocycles. The van der Waals surface area contributed by atoms with Gasteiger partial charge in [0, 0.05) is 24.7 Å². The van der Waals surface area contributed by atoms with E-state index < -0.39 is 11.7 Å². The van der Waals surface area contributed by atoms with Crippen LogP contribution in [-0.2, 0) is 6.18 Å². The first-order valence-electron chi connectivity index (χ1n) is 9.17. The first-order valence-corrected chi connectivity index (χ1v) is 9.17. The molecule has 0 spiro atoms. The molecule has 2 aromatic rings. The number of methoxy groups -OCH3 is 2. The van der Waals surface area contributed by atoms with Crippen molar-refractivity contribution in [3.8, 4) is 17.6 Å². The van der Waals surface area contributed by atoms with Crippen molar-refractivity contribution in [2.45, 2.75) is 19.0 Å². The third kappa shape index (κ3) is 4.48. The minimum Gasteiger partial charge on any atom is -0.496 e. The minimum atomic E-state index is -4.42. The van der Waals surface area contributed by atoms with E-state index in [0.717, 1.165) is 43.8 Å². The van der Waals surface area contributed by atoms with Crippen molar-refractivity contribution in [3.63, 3.8) is 0 Å². The van der Waals surface area contributed by atoms with Gasteiger partial charge in [0.2, 0.25) is 0 Å². The van der Waals surface area contributed by atoms with Gasteiger partial charge in [-0.2, -0.15) is 18.4 Å². The molecule has 0 atom stereocenters. The highest BCUT2D eigenvalue weighted by molar-refractivity contribution is 5.91. The third-order valence-corrected chi connectivity index (χ3v) is 4.92. The van der Waals surface area contributed by atoms with Crippen LogP contribution in [0, 0.1) is 11.3 Å². The van der Waals surface area contributed by atoms with Crippen LogP contribution < -0.4 is 14.4 Å². The summed E-state index contributed by atoms with van der Waals surface area (Å²) in [7, 11) is 3.12. The molecule has 0 radical (unpaired) electrons. The number of alkyl halides is 3. The summed E-state index contributed by atoms with van der Waals surface area (Å²) in [6, 6.07) is 10.2. The van der Waals surface area contributed by atoms with Crippen molar-refractivity contribution < 1.29 is 22.6 Å². The third-order valence-electron chi connectivity index (χ3n) is 4.92. The van der Waals surface area contributed by atoms with Crippen LogP contribution in [0.3, 0.4) is 0 Å². The van der Waals surface area contributed by atoms with Crippen LogP contribution in [-0.4, -0.2) is 27.3 Å². The fourth-order valence-corrected chi connectivity index (χ4v) is 3.40. The molecule has 7 heteroatoms. The molecule has 0 unspecified atom stereocenters. The molecule has 1 saturated heterocycles. The van der Waals surface area contributed by atoms with E-state index in [1.54, 1.807) is 19.3 Å². The zero-order chi connectivity index (χ0) is 21.0. The van der Waals surface area contributed by atoms with Crippen molar-refractivity contribution in [1.29, 1.82) is 5.26 Å². The van der Waals surface area contributed by atoms with Crippen LogP contribution in [0.15, 0.2) is 36.4 Å². The molecular weight excluding hydrogens is 381 g/mol. The van der Waals surface area contributed by atoms with Gasteiger partial charge in [0.15, 0.2) is 0 Å². The SMILES string of the molecule is COc1cc(N2CCCC2)c(OC)cc1/C=C(/C#N)c1ccc(C(F)(F)F)cc1. The Balaban J connectivity index is 2.01. The molecule has 1 aliphatic heterocycles. The highest BCUT2D eigenvalue weighted by Crippen LogP contribution is 2.38.